The monoisotopic (exact) mass is 481 g/mol. The Morgan fingerprint density at radius 1 is 1.12 bits per heavy atom. The molecule has 0 bridgehead atoms. The van der Waals surface area contributed by atoms with Gasteiger partial charge in [0.05, 0.1) is 16.6 Å². The lowest BCUT2D eigenvalue weighted by atomic mass is 10.0. The van der Waals surface area contributed by atoms with Crippen LogP contribution in [0.2, 0.25) is 0 Å². The van der Waals surface area contributed by atoms with E-state index in [2.05, 4.69) is 22.3 Å². The Bertz CT molecular complexity index is 1260. The second-order valence-corrected chi connectivity index (χ2v) is 11.0. The molecule has 9 heteroatoms. The topological polar surface area (TPSA) is 97.2 Å². The average Bonchev–Trinajstić information content (AvgIpc) is 3.36. The van der Waals surface area contributed by atoms with Crippen LogP contribution in [0.4, 0.5) is 0 Å². The zero-order chi connectivity index (χ0) is 24.5. The lowest BCUT2D eigenvalue weighted by molar-refractivity contribution is 0.0939. The largest absolute Gasteiger partial charge is 0.346 e. The predicted octanol–water partition coefficient (Wildman–Crippen LogP) is 3.80. The molecular formula is C25H31N5O3S. The van der Waals surface area contributed by atoms with Gasteiger partial charge in [0.25, 0.3) is 5.91 Å². The highest BCUT2D eigenvalue weighted by Crippen LogP contribution is 2.28. The average molecular weight is 482 g/mol. The minimum Gasteiger partial charge on any atom is -0.346 e. The van der Waals surface area contributed by atoms with Crippen molar-refractivity contribution >= 4 is 15.9 Å². The van der Waals surface area contributed by atoms with E-state index in [9.17, 15) is 13.2 Å². The summed E-state index contributed by atoms with van der Waals surface area (Å²) in [6, 6.07) is 10.7. The van der Waals surface area contributed by atoms with Crippen LogP contribution in [-0.2, 0) is 10.0 Å². The van der Waals surface area contributed by atoms with Gasteiger partial charge in [0.2, 0.25) is 10.0 Å². The van der Waals surface area contributed by atoms with E-state index < -0.39 is 10.0 Å². The summed E-state index contributed by atoms with van der Waals surface area (Å²) in [4.78, 5) is 17.3. The number of sulfonamides is 1. The number of amides is 1. The summed E-state index contributed by atoms with van der Waals surface area (Å²) in [5, 5.41) is 7.11. The van der Waals surface area contributed by atoms with Gasteiger partial charge in [-0.15, -0.1) is 0 Å². The van der Waals surface area contributed by atoms with Gasteiger partial charge >= 0.3 is 0 Å². The smallest absolute Gasteiger partial charge is 0.251 e. The van der Waals surface area contributed by atoms with Crippen LogP contribution in [-0.4, -0.2) is 46.5 Å². The number of nitrogens with zero attached hydrogens (tertiary/aromatic N) is 4. The van der Waals surface area contributed by atoms with Gasteiger partial charge in [0.1, 0.15) is 12.7 Å². The quantitative estimate of drug-likeness (QED) is 0.578. The van der Waals surface area contributed by atoms with Crippen LogP contribution in [0, 0.1) is 19.8 Å². The summed E-state index contributed by atoms with van der Waals surface area (Å²) >= 11 is 0. The van der Waals surface area contributed by atoms with Crippen molar-refractivity contribution in [3.05, 3.63) is 71.3 Å². The van der Waals surface area contributed by atoms with Gasteiger partial charge in [0.15, 0.2) is 0 Å². The maximum atomic E-state index is 13.4. The molecule has 1 N–H and O–H groups in total. The summed E-state index contributed by atoms with van der Waals surface area (Å²) in [5.41, 5.74) is 3.61. The number of aryl methyl sites for hydroxylation is 1. The van der Waals surface area contributed by atoms with Gasteiger partial charge in [-0.1, -0.05) is 19.1 Å². The number of rotatable bonds is 6. The molecule has 1 amide bonds. The zero-order valence-electron chi connectivity index (χ0n) is 20.0. The van der Waals surface area contributed by atoms with Crippen molar-refractivity contribution in [2.45, 2.75) is 51.5 Å². The van der Waals surface area contributed by atoms with Crippen molar-refractivity contribution in [3.63, 3.8) is 0 Å². The minimum absolute atomic E-state index is 0.219. The van der Waals surface area contributed by atoms with E-state index in [1.54, 1.807) is 28.3 Å². The first-order chi connectivity index (χ1) is 16.2. The van der Waals surface area contributed by atoms with E-state index in [1.807, 2.05) is 38.1 Å². The van der Waals surface area contributed by atoms with Crippen LogP contribution >= 0.6 is 0 Å². The van der Waals surface area contributed by atoms with Crippen LogP contribution in [0.25, 0.3) is 5.69 Å². The fourth-order valence-corrected chi connectivity index (χ4v) is 6.00. The number of carbonyl (C=O) groups is 1. The molecule has 3 aromatic rings. The van der Waals surface area contributed by atoms with E-state index in [-0.39, 0.29) is 16.8 Å². The molecule has 1 aromatic heterocycles. The van der Waals surface area contributed by atoms with E-state index in [1.165, 1.54) is 12.4 Å². The van der Waals surface area contributed by atoms with Crippen LogP contribution in [0.15, 0.2) is 53.9 Å². The Hall–Kier alpha value is -3.04. The Morgan fingerprint density at radius 2 is 1.79 bits per heavy atom. The van der Waals surface area contributed by atoms with E-state index in [0.29, 0.717) is 30.1 Å². The minimum atomic E-state index is -3.66. The molecule has 0 aliphatic carbocycles. The highest BCUT2D eigenvalue weighted by molar-refractivity contribution is 7.89. The Labute approximate surface area is 201 Å². The van der Waals surface area contributed by atoms with Crippen molar-refractivity contribution in [3.8, 4) is 5.69 Å². The molecule has 8 nitrogen and oxygen atoms in total. The van der Waals surface area contributed by atoms with Gasteiger partial charge in [-0.05, 0) is 80.5 Å². The first kappa shape index (κ1) is 24.1. The zero-order valence-corrected chi connectivity index (χ0v) is 20.8. The molecule has 2 aromatic carbocycles. The number of aromatic nitrogens is 3. The molecule has 0 saturated carbocycles. The molecule has 1 atom stereocenters. The summed E-state index contributed by atoms with van der Waals surface area (Å²) in [5.74, 6) is 0.220. The summed E-state index contributed by atoms with van der Waals surface area (Å²) in [6.45, 7) is 8.72. The number of hydrogen-bond donors (Lipinski definition) is 1. The third-order valence-electron chi connectivity index (χ3n) is 6.67. The Morgan fingerprint density at radius 3 is 2.41 bits per heavy atom. The van der Waals surface area contributed by atoms with E-state index in [4.69, 9.17) is 0 Å². The molecule has 0 spiro atoms. The molecule has 1 aliphatic rings. The number of nitrogens with one attached hydrogen (secondary N) is 1. The summed E-state index contributed by atoms with van der Waals surface area (Å²) in [6.07, 6.45) is 4.80. The molecule has 0 radical (unpaired) electrons. The standard InChI is InChI=1S/C25H31N5O3S/c1-17-9-11-29(12-10-17)34(32,33)24-14-22(13-18(2)19(24)3)25(31)28-20(4)21-5-7-23(8-6-21)30-16-26-15-27-30/h5-8,13-17,20H,9-12H2,1-4H3,(H,28,31). The Kier molecular flexibility index (Phi) is 6.86. The van der Waals surface area contributed by atoms with Gasteiger partial charge in [-0.2, -0.15) is 9.40 Å². The van der Waals surface area contributed by atoms with Gasteiger partial charge in [-0.25, -0.2) is 18.1 Å². The molecule has 34 heavy (non-hydrogen) atoms. The molecule has 1 aliphatic heterocycles. The first-order valence-corrected chi connectivity index (χ1v) is 13.0. The van der Waals surface area contributed by atoms with Crippen LogP contribution in [0.5, 0.6) is 0 Å². The predicted molar refractivity (Wildman–Crippen MR) is 130 cm³/mol. The van der Waals surface area contributed by atoms with E-state index in [0.717, 1.165) is 29.7 Å². The number of piperidine rings is 1. The van der Waals surface area contributed by atoms with Crippen LogP contribution < -0.4 is 5.32 Å². The SMILES string of the molecule is Cc1cc(C(=O)NC(C)c2ccc(-n3cncn3)cc2)cc(S(=O)(=O)N2CCC(C)CC2)c1C. The normalized spacial score (nSPS) is 16.4. The fourth-order valence-electron chi connectivity index (χ4n) is 4.21. The van der Waals surface area contributed by atoms with Crippen molar-refractivity contribution in [2.75, 3.05) is 13.1 Å². The highest BCUT2D eigenvalue weighted by atomic mass is 32.2. The number of benzene rings is 2. The fraction of sp³-hybridized carbons (Fsp3) is 0.400. The van der Waals surface area contributed by atoms with Crippen molar-refractivity contribution < 1.29 is 13.2 Å². The number of carbonyl (C=O) groups excluding carboxylic acids is 1. The third-order valence-corrected chi connectivity index (χ3v) is 8.69. The Balaban J connectivity index is 1.53. The molecule has 2 heterocycles. The first-order valence-electron chi connectivity index (χ1n) is 11.5. The van der Waals surface area contributed by atoms with Crippen molar-refractivity contribution in [1.82, 2.24) is 24.4 Å². The third kappa shape index (κ3) is 4.90. The molecule has 1 unspecified atom stereocenters. The number of hydrogen-bond acceptors (Lipinski definition) is 5. The van der Waals surface area contributed by atoms with Crippen molar-refractivity contribution in [1.29, 1.82) is 0 Å². The van der Waals surface area contributed by atoms with Gasteiger partial charge < -0.3 is 5.32 Å². The molecule has 1 saturated heterocycles. The highest BCUT2D eigenvalue weighted by Gasteiger charge is 2.30. The molecule has 180 valence electrons. The summed E-state index contributed by atoms with van der Waals surface area (Å²) in [7, 11) is -3.66. The van der Waals surface area contributed by atoms with Gasteiger partial charge in [0, 0.05) is 18.7 Å². The summed E-state index contributed by atoms with van der Waals surface area (Å²) < 4.78 is 30.0. The second kappa shape index (κ2) is 9.68. The van der Waals surface area contributed by atoms with Crippen LogP contribution in [0.3, 0.4) is 0 Å². The lowest BCUT2D eigenvalue weighted by Gasteiger charge is -2.30. The molecule has 4 rings (SSSR count). The van der Waals surface area contributed by atoms with Crippen LogP contribution in [0.1, 0.15) is 59.8 Å². The lowest BCUT2D eigenvalue weighted by Crippen LogP contribution is -2.38. The van der Waals surface area contributed by atoms with Gasteiger partial charge in [-0.3, -0.25) is 4.79 Å². The maximum absolute atomic E-state index is 13.4. The molecule has 1 fully saturated rings. The van der Waals surface area contributed by atoms with Crippen molar-refractivity contribution in [2.24, 2.45) is 5.92 Å². The molecular weight excluding hydrogens is 450 g/mol. The maximum Gasteiger partial charge on any atom is 0.251 e. The second-order valence-electron chi connectivity index (χ2n) is 9.13. The van der Waals surface area contributed by atoms with E-state index >= 15 is 0 Å².